The fourth-order valence-corrected chi connectivity index (χ4v) is 2.58. The predicted molar refractivity (Wildman–Crippen MR) is 109 cm³/mol. The molecule has 1 amide bonds. The molecule has 0 aliphatic rings. The summed E-state index contributed by atoms with van der Waals surface area (Å²) in [5, 5.41) is 15.1. The van der Waals surface area contributed by atoms with E-state index in [1.54, 1.807) is 55.8 Å². The number of methoxy groups -OCH3 is 1. The van der Waals surface area contributed by atoms with E-state index in [-0.39, 0.29) is 5.91 Å². The summed E-state index contributed by atoms with van der Waals surface area (Å²) in [6.45, 7) is 0.691. The molecular weight excluding hydrogens is 368 g/mol. The highest BCUT2D eigenvalue weighted by molar-refractivity contribution is 5.94. The first-order valence-corrected chi connectivity index (χ1v) is 8.97. The van der Waals surface area contributed by atoms with E-state index in [2.05, 4.69) is 21.7 Å². The third-order valence-corrected chi connectivity index (χ3v) is 4.05. The quantitative estimate of drug-likeness (QED) is 0.573. The molecule has 146 valence electrons. The van der Waals surface area contributed by atoms with Gasteiger partial charge in [-0.05, 0) is 48.5 Å². The molecule has 7 nitrogen and oxygen atoms in total. The second kappa shape index (κ2) is 9.76. The van der Waals surface area contributed by atoms with Crippen molar-refractivity contribution < 1.29 is 14.3 Å². The van der Waals surface area contributed by atoms with Gasteiger partial charge in [0.1, 0.15) is 30.0 Å². The Hall–Kier alpha value is -4.05. The molecule has 7 heteroatoms. The van der Waals surface area contributed by atoms with Gasteiger partial charge >= 0.3 is 0 Å². The fourth-order valence-electron chi connectivity index (χ4n) is 2.58. The van der Waals surface area contributed by atoms with Gasteiger partial charge in [-0.1, -0.05) is 12.1 Å². The van der Waals surface area contributed by atoms with Crippen LogP contribution in [0.25, 0.3) is 0 Å². The highest BCUT2D eigenvalue weighted by atomic mass is 16.5. The van der Waals surface area contributed by atoms with Crippen molar-refractivity contribution in [2.45, 2.75) is 0 Å². The van der Waals surface area contributed by atoms with E-state index in [0.717, 1.165) is 5.75 Å². The van der Waals surface area contributed by atoms with E-state index in [1.807, 2.05) is 18.2 Å². The van der Waals surface area contributed by atoms with Crippen LogP contribution >= 0.6 is 0 Å². The molecular formula is C22H20N4O3. The van der Waals surface area contributed by atoms with Gasteiger partial charge in [-0.25, -0.2) is 4.98 Å². The predicted octanol–water partition coefficient (Wildman–Crippen LogP) is 3.51. The first-order valence-electron chi connectivity index (χ1n) is 8.97. The Balaban J connectivity index is 1.53. The normalized spacial score (nSPS) is 9.93. The standard InChI is InChI=1S/C22H20N4O3/c1-28-18-6-8-19(9-7-18)29-13-12-25-22(27)16-10-11-24-21(14-16)26-20-5-3-2-4-17(20)15-23/h2-11,14H,12-13H2,1H3,(H,24,26)(H,25,27). The number of hydrogen-bond donors (Lipinski definition) is 2. The molecule has 3 rings (SSSR count). The number of rotatable bonds is 8. The molecule has 0 radical (unpaired) electrons. The topological polar surface area (TPSA) is 96.3 Å². The highest BCUT2D eigenvalue weighted by Gasteiger charge is 2.08. The number of carbonyl (C=O) groups is 1. The van der Waals surface area contributed by atoms with Crippen LogP contribution < -0.4 is 20.1 Å². The average Bonchev–Trinajstić information content (AvgIpc) is 2.77. The summed E-state index contributed by atoms with van der Waals surface area (Å²) in [4.78, 5) is 16.6. The number of carbonyl (C=O) groups excluding carboxylic acids is 1. The second-order valence-corrected chi connectivity index (χ2v) is 5.99. The summed E-state index contributed by atoms with van der Waals surface area (Å²) in [6.07, 6.45) is 1.54. The lowest BCUT2D eigenvalue weighted by molar-refractivity contribution is 0.0947. The van der Waals surface area contributed by atoms with Crippen LogP contribution in [-0.2, 0) is 0 Å². The summed E-state index contributed by atoms with van der Waals surface area (Å²) >= 11 is 0. The molecule has 2 N–H and O–H groups in total. The fraction of sp³-hybridized carbons (Fsp3) is 0.136. The van der Waals surface area contributed by atoms with Gasteiger partial charge in [0.25, 0.3) is 5.91 Å². The Labute approximate surface area is 168 Å². The van der Waals surface area contributed by atoms with Crippen molar-refractivity contribution in [3.8, 4) is 17.6 Å². The number of anilines is 2. The van der Waals surface area contributed by atoms with Gasteiger partial charge < -0.3 is 20.1 Å². The Morgan fingerprint density at radius 2 is 1.86 bits per heavy atom. The van der Waals surface area contributed by atoms with Crippen LogP contribution in [0.4, 0.5) is 11.5 Å². The molecule has 0 spiro atoms. The summed E-state index contributed by atoms with van der Waals surface area (Å²) in [5.74, 6) is 1.70. The van der Waals surface area contributed by atoms with Crippen LogP contribution in [0.3, 0.4) is 0 Å². The van der Waals surface area contributed by atoms with E-state index in [1.165, 1.54) is 0 Å². The van der Waals surface area contributed by atoms with E-state index in [4.69, 9.17) is 9.47 Å². The molecule has 0 unspecified atom stereocenters. The van der Waals surface area contributed by atoms with Gasteiger partial charge in [-0.3, -0.25) is 4.79 Å². The lowest BCUT2D eigenvalue weighted by atomic mass is 10.2. The lowest BCUT2D eigenvalue weighted by Gasteiger charge is -2.10. The monoisotopic (exact) mass is 388 g/mol. The van der Waals surface area contributed by atoms with Gasteiger partial charge in [0.05, 0.1) is 24.9 Å². The van der Waals surface area contributed by atoms with E-state index < -0.39 is 0 Å². The van der Waals surface area contributed by atoms with Gasteiger partial charge in [-0.2, -0.15) is 5.26 Å². The zero-order valence-corrected chi connectivity index (χ0v) is 15.9. The first-order chi connectivity index (χ1) is 14.2. The molecule has 0 fully saturated rings. The van der Waals surface area contributed by atoms with E-state index >= 15 is 0 Å². The van der Waals surface area contributed by atoms with Crippen molar-refractivity contribution in [3.05, 3.63) is 78.0 Å². The Morgan fingerprint density at radius 1 is 1.10 bits per heavy atom. The van der Waals surface area contributed by atoms with Crippen molar-refractivity contribution in [3.63, 3.8) is 0 Å². The third-order valence-electron chi connectivity index (χ3n) is 4.05. The minimum absolute atomic E-state index is 0.234. The number of pyridine rings is 1. The van der Waals surface area contributed by atoms with Crippen LogP contribution in [-0.4, -0.2) is 31.2 Å². The minimum Gasteiger partial charge on any atom is -0.497 e. The second-order valence-electron chi connectivity index (χ2n) is 5.99. The molecule has 0 saturated heterocycles. The van der Waals surface area contributed by atoms with Crippen molar-refractivity contribution in [1.29, 1.82) is 5.26 Å². The summed E-state index contributed by atoms with van der Waals surface area (Å²) < 4.78 is 10.7. The number of amides is 1. The molecule has 2 aromatic carbocycles. The van der Waals surface area contributed by atoms with Crippen LogP contribution in [0.15, 0.2) is 66.9 Å². The molecule has 0 bridgehead atoms. The number of para-hydroxylation sites is 1. The molecule has 29 heavy (non-hydrogen) atoms. The Morgan fingerprint density at radius 3 is 2.62 bits per heavy atom. The number of hydrogen-bond acceptors (Lipinski definition) is 6. The molecule has 1 heterocycles. The Kier molecular flexibility index (Phi) is 6.63. The summed E-state index contributed by atoms with van der Waals surface area (Å²) in [6, 6.07) is 19.7. The van der Waals surface area contributed by atoms with Crippen molar-refractivity contribution in [1.82, 2.24) is 10.3 Å². The zero-order chi connectivity index (χ0) is 20.5. The van der Waals surface area contributed by atoms with Crippen LogP contribution in [0.5, 0.6) is 11.5 Å². The van der Waals surface area contributed by atoms with Gasteiger partial charge in [0.2, 0.25) is 0 Å². The molecule has 3 aromatic rings. The highest BCUT2D eigenvalue weighted by Crippen LogP contribution is 2.19. The number of aromatic nitrogens is 1. The zero-order valence-electron chi connectivity index (χ0n) is 15.9. The molecule has 1 aromatic heterocycles. The smallest absolute Gasteiger partial charge is 0.251 e. The summed E-state index contributed by atoms with van der Waals surface area (Å²) in [5.41, 5.74) is 1.59. The van der Waals surface area contributed by atoms with Gasteiger partial charge in [0, 0.05) is 11.8 Å². The Bertz CT molecular complexity index is 1010. The van der Waals surface area contributed by atoms with Crippen molar-refractivity contribution in [2.24, 2.45) is 0 Å². The molecule has 0 saturated carbocycles. The van der Waals surface area contributed by atoms with Crippen LogP contribution in [0.1, 0.15) is 15.9 Å². The largest absolute Gasteiger partial charge is 0.497 e. The lowest BCUT2D eigenvalue weighted by Crippen LogP contribution is -2.28. The van der Waals surface area contributed by atoms with E-state index in [9.17, 15) is 10.1 Å². The van der Waals surface area contributed by atoms with Crippen molar-refractivity contribution >= 4 is 17.4 Å². The minimum atomic E-state index is -0.234. The molecule has 0 aliphatic heterocycles. The maximum absolute atomic E-state index is 12.4. The summed E-state index contributed by atoms with van der Waals surface area (Å²) in [7, 11) is 1.60. The molecule has 0 atom stereocenters. The van der Waals surface area contributed by atoms with E-state index in [0.29, 0.717) is 41.5 Å². The number of ether oxygens (including phenoxy) is 2. The number of benzene rings is 2. The number of nitriles is 1. The maximum Gasteiger partial charge on any atom is 0.251 e. The van der Waals surface area contributed by atoms with Gasteiger partial charge in [-0.15, -0.1) is 0 Å². The average molecular weight is 388 g/mol. The van der Waals surface area contributed by atoms with Crippen molar-refractivity contribution in [2.75, 3.05) is 25.6 Å². The number of nitrogens with one attached hydrogen (secondary N) is 2. The third kappa shape index (κ3) is 5.47. The van der Waals surface area contributed by atoms with Crippen LogP contribution in [0, 0.1) is 11.3 Å². The molecule has 0 aliphatic carbocycles. The maximum atomic E-state index is 12.4. The first kappa shape index (κ1) is 19.7. The number of nitrogens with zero attached hydrogens (tertiary/aromatic N) is 2. The van der Waals surface area contributed by atoms with Gasteiger partial charge in [0.15, 0.2) is 0 Å². The SMILES string of the molecule is COc1ccc(OCCNC(=O)c2ccnc(Nc3ccccc3C#N)c2)cc1. The van der Waals surface area contributed by atoms with Crippen LogP contribution in [0.2, 0.25) is 0 Å².